The maximum absolute atomic E-state index is 13.6. The van der Waals surface area contributed by atoms with Crippen molar-refractivity contribution in [3.05, 3.63) is 29.6 Å². The Hall–Kier alpha value is -1.66. The summed E-state index contributed by atoms with van der Waals surface area (Å²) in [6, 6.07) is 4.80. The van der Waals surface area contributed by atoms with Crippen LogP contribution in [0, 0.1) is 5.82 Å². The smallest absolute Gasteiger partial charge is 0.222 e. The second kappa shape index (κ2) is 8.26. The van der Waals surface area contributed by atoms with Crippen LogP contribution in [0.4, 0.5) is 4.39 Å². The Bertz CT molecular complexity index is 529. The summed E-state index contributed by atoms with van der Waals surface area (Å²) in [6.07, 6.45) is 0.553. The number of aliphatic hydroxyl groups excluding tert-OH is 1. The quantitative estimate of drug-likeness (QED) is 0.857. The zero-order chi connectivity index (χ0) is 16.8. The molecule has 0 unspecified atom stereocenters. The van der Waals surface area contributed by atoms with E-state index in [0.717, 1.165) is 18.7 Å². The summed E-state index contributed by atoms with van der Waals surface area (Å²) >= 11 is 0. The van der Waals surface area contributed by atoms with Gasteiger partial charge in [0.15, 0.2) is 11.6 Å². The Balaban J connectivity index is 1.78. The molecule has 23 heavy (non-hydrogen) atoms. The molecule has 1 fully saturated rings. The fourth-order valence-electron chi connectivity index (χ4n) is 2.83. The van der Waals surface area contributed by atoms with E-state index in [2.05, 4.69) is 4.90 Å². The third-order valence-corrected chi connectivity index (χ3v) is 4.09. The summed E-state index contributed by atoms with van der Waals surface area (Å²) in [5.41, 5.74) is 0.796. The van der Waals surface area contributed by atoms with E-state index in [1.165, 1.54) is 13.2 Å². The van der Waals surface area contributed by atoms with Gasteiger partial charge in [-0.25, -0.2) is 4.39 Å². The minimum absolute atomic E-state index is 0.0953. The number of rotatable bonds is 6. The van der Waals surface area contributed by atoms with E-state index >= 15 is 0 Å². The molecule has 0 aliphatic carbocycles. The number of aryl methyl sites for hydroxylation is 1. The van der Waals surface area contributed by atoms with Crippen molar-refractivity contribution in [2.75, 3.05) is 39.8 Å². The van der Waals surface area contributed by atoms with Crippen molar-refractivity contribution in [3.8, 4) is 5.75 Å². The molecule has 1 saturated heterocycles. The van der Waals surface area contributed by atoms with Crippen molar-refractivity contribution in [2.24, 2.45) is 0 Å². The first-order chi connectivity index (χ1) is 11.0. The number of hydrogen-bond donors (Lipinski definition) is 1. The lowest BCUT2D eigenvalue weighted by molar-refractivity contribution is -0.133. The Morgan fingerprint density at radius 1 is 1.35 bits per heavy atom. The van der Waals surface area contributed by atoms with Crippen molar-refractivity contribution in [3.63, 3.8) is 0 Å². The number of aliphatic hydroxyl groups is 1. The molecule has 0 bridgehead atoms. The van der Waals surface area contributed by atoms with Gasteiger partial charge in [-0.1, -0.05) is 6.07 Å². The van der Waals surface area contributed by atoms with Gasteiger partial charge in [-0.05, 0) is 31.0 Å². The normalized spacial score (nSPS) is 17.1. The maximum atomic E-state index is 13.6. The number of piperazine rings is 1. The molecule has 1 aliphatic heterocycles. The van der Waals surface area contributed by atoms with Gasteiger partial charge in [-0.15, -0.1) is 0 Å². The van der Waals surface area contributed by atoms with Crippen molar-refractivity contribution in [1.82, 2.24) is 9.80 Å². The maximum Gasteiger partial charge on any atom is 0.222 e. The number of benzene rings is 1. The Morgan fingerprint density at radius 3 is 2.61 bits per heavy atom. The van der Waals surface area contributed by atoms with Crippen LogP contribution < -0.4 is 4.74 Å². The molecule has 0 radical (unpaired) electrons. The Morgan fingerprint density at radius 2 is 2.04 bits per heavy atom. The van der Waals surface area contributed by atoms with E-state index in [1.54, 1.807) is 19.1 Å². The summed E-state index contributed by atoms with van der Waals surface area (Å²) < 4.78 is 18.5. The predicted molar refractivity (Wildman–Crippen MR) is 86.0 cm³/mol. The lowest BCUT2D eigenvalue weighted by Crippen LogP contribution is -2.50. The van der Waals surface area contributed by atoms with Gasteiger partial charge in [0, 0.05) is 39.1 Å². The van der Waals surface area contributed by atoms with Gasteiger partial charge in [-0.3, -0.25) is 9.69 Å². The molecule has 2 rings (SSSR count). The molecule has 1 aromatic carbocycles. The van der Waals surface area contributed by atoms with E-state index in [0.29, 0.717) is 32.5 Å². The first-order valence-electron chi connectivity index (χ1n) is 8.00. The van der Waals surface area contributed by atoms with Gasteiger partial charge < -0.3 is 14.7 Å². The first-order valence-corrected chi connectivity index (χ1v) is 8.00. The third kappa shape index (κ3) is 5.18. The van der Waals surface area contributed by atoms with Crippen LogP contribution in [-0.4, -0.2) is 66.8 Å². The molecular formula is C17H25FN2O3. The van der Waals surface area contributed by atoms with Crippen LogP contribution >= 0.6 is 0 Å². The number of methoxy groups -OCH3 is 1. The molecule has 1 aromatic rings. The number of halogens is 1. The average molecular weight is 324 g/mol. The lowest BCUT2D eigenvalue weighted by atomic mass is 10.1. The highest BCUT2D eigenvalue weighted by Crippen LogP contribution is 2.18. The van der Waals surface area contributed by atoms with Crippen LogP contribution in [0.1, 0.15) is 18.9 Å². The van der Waals surface area contributed by atoms with Gasteiger partial charge in [0.25, 0.3) is 0 Å². The molecule has 0 saturated carbocycles. The van der Waals surface area contributed by atoms with Gasteiger partial charge in [0.2, 0.25) is 5.91 Å². The number of β-amino-alcohol motifs (C(OH)–C–C–N with tert-alkyl or cyclic N) is 1. The largest absolute Gasteiger partial charge is 0.494 e. The molecule has 1 N–H and O–H groups in total. The van der Waals surface area contributed by atoms with E-state index in [9.17, 15) is 14.3 Å². The minimum Gasteiger partial charge on any atom is -0.494 e. The van der Waals surface area contributed by atoms with Crippen LogP contribution in [-0.2, 0) is 11.2 Å². The summed E-state index contributed by atoms with van der Waals surface area (Å²) in [5.74, 6) is -0.0866. The summed E-state index contributed by atoms with van der Waals surface area (Å²) in [4.78, 5) is 16.3. The molecule has 128 valence electrons. The van der Waals surface area contributed by atoms with Crippen LogP contribution in [0.5, 0.6) is 5.75 Å². The highest BCUT2D eigenvalue weighted by molar-refractivity contribution is 5.76. The lowest BCUT2D eigenvalue weighted by Gasteiger charge is -2.35. The summed E-state index contributed by atoms with van der Waals surface area (Å²) in [6.45, 7) is 5.35. The van der Waals surface area contributed by atoms with Crippen molar-refractivity contribution in [1.29, 1.82) is 0 Å². The van der Waals surface area contributed by atoms with E-state index in [-0.39, 0.29) is 17.8 Å². The van der Waals surface area contributed by atoms with Gasteiger partial charge in [0.1, 0.15) is 0 Å². The number of ether oxygens (including phenoxy) is 1. The minimum atomic E-state index is -0.399. The van der Waals surface area contributed by atoms with Crippen LogP contribution in [0.2, 0.25) is 0 Å². The molecule has 0 aromatic heterocycles. The molecular weight excluding hydrogens is 299 g/mol. The monoisotopic (exact) mass is 324 g/mol. The predicted octanol–water partition coefficient (Wildman–Crippen LogP) is 1.29. The van der Waals surface area contributed by atoms with Gasteiger partial charge in [-0.2, -0.15) is 0 Å². The first kappa shape index (κ1) is 17.7. The average Bonchev–Trinajstić information content (AvgIpc) is 2.53. The van der Waals surface area contributed by atoms with Crippen molar-refractivity contribution in [2.45, 2.75) is 25.9 Å². The second-order valence-corrected chi connectivity index (χ2v) is 6.00. The highest BCUT2D eigenvalue weighted by atomic mass is 19.1. The Labute approximate surface area is 136 Å². The molecule has 6 heteroatoms. The second-order valence-electron chi connectivity index (χ2n) is 6.00. The van der Waals surface area contributed by atoms with Crippen molar-refractivity contribution < 1.29 is 19.0 Å². The van der Waals surface area contributed by atoms with Crippen LogP contribution in [0.3, 0.4) is 0 Å². The fourth-order valence-corrected chi connectivity index (χ4v) is 2.83. The van der Waals surface area contributed by atoms with Crippen LogP contribution in [0.15, 0.2) is 18.2 Å². The zero-order valence-electron chi connectivity index (χ0n) is 13.8. The van der Waals surface area contributed by atoms with E-state index in [1.807, 2.05) is 4.90 Å². The fraction of sp³-hybridized carbons (Fsp3) is 0.588. The number of hydrogen-bond acceptors (Lipinski definition) is 4. The van der Waals surface area contributed by atoms with E-state index < -0.39 is 5.82 Å². The topological polar surface area (TPSA) is 53.0 Å². The molecule has 1 aliphatic rings. The number of amides is 1. The molecule has 1 heterocycles. The Kier molecular flexibility index (Phi) is 6.36. The van der Waals surface area contributed by atoms with Crippen molar-refractivity contribution >= 4 is 5.91 Å². The zero-order valence-corrected chi connectivity index (χ0v) is 13.8. The highest BCUT2D eigenvalue weighted by Gasteiger charge is 2.21. The standard InChI is InChI=1S/C17H25FN2O3/c1-13(21)12-19-7-9-20(10-8-19)17(22)6-4-14-3-5-16(23-2)15(18)11-14/h3,5,11,13,21H,4,6-10,12H2,1-2H3/t13-/m0/s1. The van der Waals surface area contributed by atoms with Crippen LogP contribution in [0.25, 0.3) is 0 Å². The SMILES string of the molecule is COc1ccc(CCC(=O)N2CCN(C[C@H](C)O)CC2)cc1F. The molecule has 1 atom stereocenters. The molecule has 5 nitrogen and oxygen atoms in total. The molecule has 1 amide bonds. The number of carbonyl (C=O) groups excluding carboxylic acids is 1. The summed E-state index contributed by atoms with van der Waals surface area (Å²) in [5, 5.41) is 9.39. The molecule has 0 spiro atoms. The van der Waals surface area contributed by atoms with Gasteiger partial charge >= 0.3 is 0 Å². The van der Waals surface area contributed by atoms with E-state index in [4.69, 9.17) is 4.74 Å². The number of carbonyl (C=O) groups is 1. The number of nitrogens with zero attached hydrogens (tertiary/aromatic N) is 2. The summed E-state index contributed by atoms with van der Waals surface area (Å²) in [7, 11) is 1.43. The third-order valence-electron chi connectivity index (χ3n) is 4.09. The van der Waals surface area contributed by atoms with Gasteiger partial charge in [0.05, 0.1) is 13.2 Å².